The smallest absolute Gasteiger partial charge is 0.227 e. The number of rotatable bonds is 4. The summed E-state index contributed by atoms with van der Waals surface area (Å²) in [5, 5.41) is 2.97. The molecule has 1 aromatic carbocycles. The molecule has 1 aliphatic heterocycles. The molecule has 0 aromatic heterocycles. The van der Waals surface area contributed by atoms with E-state index in [9.17, 15) is 4.79 Å². The number of nitrogen functional groups attached to an aromatic ring is 1. The van der Waals surface area contributed by atoms with Gasteiger partial charge in [0.05, 0.1) is 12.0 Å². The first-order valence-electron chi connectivity index (χ1n) is 6.91. The van der Waals surface area contributed by atoms with Gasteiger partial charge in [-0.25, -0.2) is 0 Å². The molecule has 2 unspecified atom stereocenters. The Bertz CT molecular complexity index is 428. The van der Waals surface area contributed by atoms with Crippen molar-refractivity contribution in [2.24, 2.45) is 0 Å². The minimum absolute atomic E-state index is 0.0276. The van der Waals surface area contributed by atoms with Crippen LogP contribution in [-0.4, -0.2) is 25.2 Å². The number of benzene rings is 1. The SMILES string of the molecule is CC(C(=O)NCC1CCCCO1)c1cccc(N)c1. The molecule has 0 radical (unpaired) electrons. The molecular formula is C15H22N2O2. The van der Waals surface area contributed by atoms with E-state index < -0.39 is 0 Å². The van der Waals surface area contributed by atoms with Crippen molar-refractivity contribution in [1.82, 2.24) is 5.32 Å². The molecule has 1 saturated heterocycles. The average molecular weight is 262 g/mol. The highest BCUT2D eigenvalue weighted by molar-refractivity contribution is 5.83. The van der Waals surface area contributed by atoms with Crippen molar-refractivity contribution in [2.45, 2.75) is 38.2 Å². The van der Waals surface area contributed by atoms with Crippen LogP contribution < -0.4 is 11.1 Å². The van der Waals surface area contributed by atoms with Crippen molar-refractivity contribution in [3.63, 3.8) is 0 Å². The van der Waals surface area contributed by atoms with E-state index in [1.54, 1.807) is 0 Å². The molecule has 2 atom stereocenters. The van der Waals surface area contributed by atoms with Gasteiger partial charge in [-0.1, -0.05) is 12.1 Å². The Morgan fingerprint density at radius 1 is 1.53 bits per heavy atom. The zero-order valence-corrected chi connectivity index (χ0v) is 11.4. The van der Waals surface area contributed by atoms with E-state index in [0.717, 1.165) is 25.0 Å². The van der Waals surface area contributed by atoms with Gasteiger partial charge in [0, 0.05) is 18.8 Å². The summed E-state index contributed by atoms with van der Waals surface area (Å²) in [4.78, 5) is 12.1. The molecule has 0 saturated carbocycles. The molecule has 1 fully saturated rings. The number of anilines is 1. The van der Waals surface area contributed by atoms with E-state index in [1.807, 2.05) is 31.2 Å². The molecule has 19 heavy (non-hydrogen) atoms. The van der Waals surface area contributed by atoms with Gasteiger partial charge in [-0.2, -0.15) is 0 Å². The van der Waals surface area contributed by atoms with Gasteiger partial charge in [0.15, 0.2) is 0 Å². The van der Waals surface area contributed by atoms with Gasteiger partial charge >= 0.3 is 0 Å². The second kappa shape index (κ2) is 6.57. The number of carbonyl (C=O) groups is 1. The Hall–Kier alpha value is -1.55. The fourth-order valence-corrected chi connectivity index (χ4v) is 2.32. The third-order valence-corrected chi connectivity index (χ3v) is 3.58. The number of amides is 1. The molecule has 1 aromatic rings. The summed E-state index contributed by atoms with van der Waals surface area (Å²) in [5.74, 6) is -0.160. The zero-order chi connectivity index (χ0) is 13.7. The second-order valence-corrected chi connectivity index (χ2v) is 5.13. The second-order valence-electron chi connectivity index (χ2n) is 5.13. The number of nitrogens with one attached hydrogen (secondary N) is 1. The van der Waals surface area contributed by atoms with Crippen molar-refractivity contribution in [3.8, 4) is 0 Å². The summed E-state index contributed by atoms with van der Waals surface area (Å²) in [6.07, 6.45) is 3.52. The molecule has 0 bridgehead atoms. The van der Waals surface area contributed by atoms with Gasteiger partial charge in [0.25, 0.3) is 0 Å². The van der Waals surface area contributed by atoms with Crippen LogP contribution >= 0.6 is 0 Å². The van der Waals surface area contributed by atoms with Crippen LogP contribution in [0.4, 0.5) is 5.69 Å². The summed E-state index contributed by atoms with van der Waals surface area (Å²) in [6.45, 7) is 3.31. The standard InChI is InChI=1S/C15H22N2O2/c1-11(12-5-4-6-13(16)9-12)15(18)17-10-14-7-2-3-8-19-14/h4-6,9,11,14H,2-3,7-8,10,16H2,1H3,(H,17,18). The Morgan fingerprint density at radius 3 is 3.05 bits per heavy atom. The first-order chi connectivity index (χ1) is 9.16. The Kier molecular flexibility index (Phi) is 4.80. The lowest BCUT2D eigenvalue weighted by Gasteiger charge is -2.23. The topological polar surface area (TPSA) is 64.3 Å². The number of hydrogen-bond acceptors (Lipinski definition) is 3. The van der Waals surface area contributed by atoms with Crippen molar-refractivity contribution >= 4 is 11.6 Å². The predicted molar refractivity (Wildman–Crippen MR) is 75.9 cm³/mol. The van der Waals surface area contributed by atoms with E-state index in [1.165, 1.54) is 6.42 Å². The van der Waals surface area contributed by atoms with Gasteiger partial charge in [-0.3, -0.25) is 4.79 Å². The van der Waals surface area contributed by atoms with Crippen molar-refractivity contribution in [3.05, 3.63) is 29.8 Å². The van der Waals surface area contributed by atoms with Crippen LogP contribution in [-0.2, 0) is 9.53 Å². The molecule has 1 heterocycles. The van der Waals surface area contributed by atoms with Crippen LogP contribution in [0, 0.1) is 0 Å². The molecule has 1 aliphatic rings. The Morgan fingerprint density at radius 2 is 2.37 bits per heavy atom. The molecule has 0 spiro atoms. The van der Waals surface area contributed by atoms with Crippen molar-refractivity contribution < 1.29 is 9.53 Å². The largest absolute Gasteiger partial charge is 0.399 e. The van der Waals surface area contributed by atoms with Crippen LogP contribution in [0.15, 0.2) is 24.3 Å². The molecule has 104 valence electrons. The molecule has 1 amide bonds. The summed E-state index contributed by atoms with van der Waals surface area (Å²) < 4.78 is 5.60. The van der Waals surface area contributed by atoms with Gasteiger partial charge < -0.3 is 15.8 Å². The van der Waals surface area contributed by atoms with Crippen LogP contribution in [0.3, 0.4) is 0 Å². The summed E-state index contributed by atoms with van der Waals surface area (Å²) in [6, 6.07) is 7.47. The minimum atomic E-state index is -0.188. The highest BCUT2D eigenvalue weighted by atomic mass is 16.5. The average Bonchev–Trinajstić information content (AvgIpc) is 2.45. The lowest BCUT2D eigenvalue weighted by molar-refractivity contribution is -0.123. The molecule has 0 aliphatic carbocycles. The van der Waals surface area contributed by atoms with Crippen LogP contribution in [0.1, 0.15) is 37.7 Å². The van der Waals surface area contributed by atoms with Crippen molar-refractivity contribution in [2.75, 3.05) is 18.9 Å². The number of nitrogens with two attached hydrogens (primary N) is 1. The van der Waals surface area contributed by atoms with Crippen molar-refractivity contribution in [1.29, 1.82) is 0 Å². The summed E-state index contributed by atoms with van der Waals surface area (Å²) in [5.41, 5.74) is 7.37. The molecule has 4 nitrogen and oxygen atoms in total. The van der Waals surface area contributed by atoms with Gasteiger partial charge in [0.2, 0.25) is 5.91 Å². The molecule has 4 heteroatoms. The van der Waals surface area contributed by atoms with E-state index in [0.29, 0.717) is 12.2 Å². The van der Waals surface area contributed by atoms with Crippen LogP contribution in [0.25, 0.3) is 0 Å². The minimum Gasteiger partial charge on any atom is -0.399 e. The van der Waals surface area contributed by atoms with E-state index in [-0.39, 0.29) is 17.9 Å². The van der Waals surface area contributed by atoms with Gasteiger partial charge in [-0.15, -0.1) is 0 Å². The number of carbonyl (C=O) groups excluding carboxylic acids is 1. The van der Waals surface area contributed by atoms with Crippen LogP contribution in [0.5, 0.6) is 0 Å². The predicted octanol–water partition coefficient (Wildman–Crippen LogP) is 2.06. The first kappa shape index (κ1) is 13.9. The third-order valence-electron chi connectivity index (χ3n) is 3.58. The maximum absolute atomic E-state index is 12.1. The lowest BCUT2D eigenvalue weighted by Crippen LogP contribution is -2.37. The van der Waals surface area contributed by atoms with E-state index in [4.69, 9.17) is 10.5 Å². The van der Waals surface area contributed by atoms with E-state index >= 15 is 0 Å². The summed E-state index contributed by atoms with van der Waals surface area (Å²) in [7, 11) is 0. The molecular weight excluding hydrogens is 240 g/mol. The normalized spacial score (nSPS) is 20.8. The molecule has 3 N–H and O–H groups in total. The highest BCUT2D eigenvalue weighted by Crippen LogP contribution is 2.18. The fraction of sp³-hybridized carbons (Fsp3) is 0.533. The zero-order valence-electron chi connectivity index (χ0n) is 11.4. The number of ether oxygens (including phenoxy) is 1. The highest BCUT2D eigenvalue weighted by Gasteiger charge is 2.18. The monoisotopic (exact) mass is 262 g/mol. The Labute approximate surface area is 114 Å². The van der Waals surface area contributed by atoms with Gasteiger partial charge in [-0.05, 0) is 43.9 Å². The first-order valence-corrected chi connectivity index (χ1v) is 6.91. The Balaban J connectivity index is 1.85. The molecule has 2 rings (SSSR count). The lowest BCUT2D eigenvalue weighted by atomic mass is 9.99. The quantitative estimate of drug-likeness (QED) is 0.816. The summed E-state index contributed by atoms with van der Waals surface area (Å²) >= 11 is 0. The van der Waals surface area contributed by atoms with E-state index in [2.05, 4.69) is 5.32 Å². The third kappa shape index (κ3) is 3.96. The number of hydrogen-bond donors (Lipinski definition) is 2. The van der Waals surface area contributed by atoms with Crippen LogP contribution in [0.2, 0.25) is 0 Å². The fourth-order valence-electron chi connectivity index (χ4n) is 2.32. The van der Waals surface area contributed by atoms with Gasteiger partial charge in [0.1, 0.15) is 0 Å². The maximum atomic E-state index is 12.1. The maximum Gasteiger partial charge on any atom is 0.227 e.